The molecule has 0 fully saturated rings. The first kappa shape index (κ1) is 22.2. The van der Waals surface area contributed by atoms with E-state index in [0.717, 1.165) is 30.2 Å². The van der Waals surface area contributed by atoms with Gasteiger partial charge in [-0.15, -0.1) is 24.0 Å². The number of hydrogen-bond acceptors (Lipinski definition) is 3. The zero-order valence-electron chi connectivity index (χ0n) is 13.6. The molecule has 0 aliphatic rings. The van der Waals surface area contributed by atoms with E-state index in [1.165, 1.54) is 0 Å². The van der Waals surface area contributed by atoms with Gasteiger partial charge in [-0.2, -0.15) is 20.5 Å². The van der Waals surface area contributed by atoms with Crippen molar-refractivity contribution in [3.8, 4) is 5.75 Å². The Labute approximate surface area is 158 Å². The molecular weight excluding hydrogens is 435 g/mol. The SMILES string of the molecule is CN=C(NCCCSC)N(C)Cc1ccc(OC(F)F)cc1.I. The van der Waals surface area contributed by atoms with E-state index in [1.807, 2.05) is 23.7 Å². The molecule has 1 aromatic rings. The number of aliphatic imine (C=N–C) groups is 1. The second kappa shape index (κ2) is 12.6. The van der Waals surface area contributed by atoms with Crippen LogP contribution in [-0.4, -0.2) is 50.1 Å². The zero-order valence-corrected chi connectivity index (χ0v) is 16.7. The smallest absolute Gasteiger partial charge is 0.387 e. The number of ether oxygens (including phenoxy) is 1. The van der Waals surface area contributed by atoms with Crippen molar-refractivity contribution in [1.82, 2.24) is 10.2 Å². The Hall–Kier alpha value is -0.770. The fraction of sp³-hybridized carbons (Fsp3) is 0.533. The molecule has 0 aliphatic heterocycles. The van der Waals surface area contributed by atoms with Gasteiger partial charge in [0, 0.05) is 27.2 Å². The summed E-state index contributed by atoms with van der Waals surface area (Å²) >= 11 is 1.82. The normalized spacial score (nSPS) is 11.1. The maximum absolute atomic E-state index is 12.1. The quantitative estimate of drug-likeness (QED) is 0.279. The van der Waals surface area contributed by atoms with Crippen molar-refractivity contribution >= 4 is 41.7 Å². The molecule has 0 aliphatic carbocycles. The van der Waals surface area contributed by atoms with Gasteiger partial charge in [0.15, 0.2) is 5.96 Å². The summed E-state index contributed by atoms with van der Waals surface area (Å²) in [6, 6.07) is 6.64. The van der Waals surface area contributed by atoms with Crippen molar-refractivity contribution in [2.45, 2.75) is 19.6 Å². The molecule has 0 radical (unpaired) electrons. The number of benzene rings is 1. The number of nitrogens with one attached hydrogen (secondary N) is 1. The highest BCUT2D eigenvalue weighted by molar-refractivity contribution is 14.0. The summed E-state index contributed by atoms with van der Waals surface area (Å²) in [7, 11) is 3.68. The Kier molecular flexibility index (Phi) is 12.2. The van der Waals surface area contributed by atoms with Gasteiger partial charge in [-0.05, 0) is 36.1 Å². The minimum Gasteiger partial charge on any atom is -0.435 e. The monoisotopic (exact) mass is 459 g/mol. The standard InChI is InChI=1S/C15H23F2N3OS.HI/c1-18-15(19-9-4-10-22-3)20(2)11-12-5-7-13(8-6-12)21-14(16)17;/h5-8,14H,4,9-11H2,1-3H3,(H,18,19);1H. The van der Waals surface area contributed by atoms with Crippen LogP contribution in [0.1, 0.15) is 12.0 Å². The van der Waals surface area contributed by atoms with E-state index < -0.39 is 6.61 Å². The van der Waals surface area contributed by atoms with Gasteiger partial charge in [0.1, 0.15) is 5.75 Å². The molecule has 132 valence electrons. The Balaban J connectivity index is 0.00000484. The minimum atomic E-state index is -2.79. The van der Waals surface area contributed by atoms with E-state index in [1.54, 1.807) is 31.3 Å². The van der Waals surface area contributed by atoms with Crippen LogP contribution in [0, 0.1) is 0 Å². The molecule has 0 amide bonds. The Bertz CT molecular complexity index is 461. The third kappa shape index (κ3) is 9.19. The van der Waals surface area contributed by atoms with Crippen molar-refractivity contribution in [2.24, 2.45) is 4.99 Å². The lowest BCUT2D eigenvalue weighted by Gasteiger charge is -2.22. The molecule has 1 N–H and O–H groups in total. The number of guanidine groups is 1. The van der Waals surface area contributed by atoms with Crippen LogP contribution in [0.5, 0.6) is 5.75 Å². The number of thioether (sulfide) groups is 1. The lowest BCUT2D eigenvalue weighted by molar-refractivity contribution is -0.0498. The van der Waals surface area contributed by atoms with E-state index >= 15 is 0 Å². The Morgan fingerprint density at radius 3 is 2.52 bits per heavy atom. The van der Waals surface area contributed by atoms with E-state index in [2.05, 4.69) is 21.3 Å². The van der Waals surface area contributed by atoms with Crippen LogP contribution in [0.25, 0.3) is 0 Å². The average Bonchev–Trinajstić information content (AvgIpc) is 2.49. The lowest BCUT2D eigenvalue weighted by atomic mass is 10.2. The Morgan fingerprint density at radius 2 is 2.00 bits per heavy atom. The van der Waals surface area contributed by atoms with Crippen molar-refractivity contribution in [2.75, 3.05) is 32.6 Å². The summed E-state index contributed by atoms with van der Waals surface area (Å²) in [5.74, 6) is 2.09. The lowest BCUT2D eigenvalue weighted by Crippen LogP contribution is -2.39. The molecule has 0 bridgehead atoms. The largest absolute Gasteiger partial charge is 0.435 e. The van der Waals surface area contributed by atoms with Gasteiger partial charge in [0.25, 0.3) is 0 Å². The fourth-order valence-electron chi connectivity index (χ4n) is 1.93. The molecule has 0 unspecified atom stereocenters. The molecule has 0 heterocycles. The van der Waals surface area contributed by atoms with Crippen LogP contribution >= 0.6 is 35.7 Å². The van der Waals surface area contributed by atoms with Crippen molar-refractivity contribution in [3.63, 3.8) is 0 Å². The summed E-state index contributed by atoms with van der Waals surface area (Å²) in [6.45, 7) is -1.28. The van der Waals surface area contributed by atoms with Gasteiger partial charge in [0.05, 0.1) is 0 Å². The molecule has 1 aromatic carbocycles. The molecule has 0 saturated heterocycles. The molecule has 23 heavy (non-hydrogen) atoms. The van der Waals surface area contributed by atoms with E-state index in [0.29, 0.717) is 6.54 Å². The topological polar surface area (TPSA) is 36.9 Å². The first-order valence-electron chi connectivity index (χ1n) is 7.01. The maximum Gasteiger partial charge on any atom is 0.387 e. The summed E-state index contributed by atoms with van der Waals surface area (Å²) in [5, 5.41) is 3.30. The zero-order chi connectivity index (χ0) is 16.4. The number of hydrogen-bond donors (Lipinski definition) is 1. The molecule has 0 saturated carbocycles. The highest BCUT2D eigenvalue weighted by Gasteiger charge is 2.07. The van der Waals surface area contributed by atoms with Gasteiger partial charge in [-0.3, -0.25) is 4.99 Å². The Morgan fingerprint density at radius 1 is 1.35 bits per heavy atom. The van der Waals surface area contributed by atoms with Gasteiger partial charge in [-0.1, -0.05) is 12.1 Å². The molecule has 0 spiro atoms. The highest BCUT2D eigenvalue weighted by Crippen LogP contribution is 2.15. The molecule has 8 heteroatoms. The van der Waals surface area contributed by atoms with Crippen molar-refractivity contribution in [3.05, 3.63) is 29.8 Å². The predicted octanol–water partition coefficient (Wildman–Crippen LogP) is 3.67. The summed E-state index contributed by atoms with van der Waals surface area (Å²) in [5.41, 5.74) is 0.996. The molecule has 0 aromatic heterocycles. The van der Waals surface area contributed by atoms with Crippen LogP contribution in [0.4, 0.5) is 8.78 Å². The summed E-state index contributed by atoms with van der Waals surface area (Å²) in [4.78, 5) is 6.23. The third-order valence-electron chi connectivity index (χ3n) is 2.95. The number of nitrogens with zero attached hydrogens (tertiary/aromatic N) is 2. The van der Waals surface area contributed by atoms with E-state index in [-0.39, 0.29) is 29.7 Å². The van der Waals surface area contributed by atoms with E-state index in [4.69, 9.17) is 0 Å². The predicted molar refractivity (Wildman–Crippen MR) is 104 cm³/mol. The first-order valence-corrected chi connectivity index (χ1v) is 8.40. The summed E-state index contributed by atoms with van der Waals surface area (Å²) < 4.78 is 28.5. The molecule has 4 nitrogen and oxygen atoms in total. The minimum absolute atomic E-state index is 0. The van der Waals surface area contributed by atoms with Crippen molar-refractivity contribution < 1.29 is 13.5 Å². The van der Waals surface area contributed by atoms with Gasteiger partial charge in [0.2, 0.25) is 0 Å². The fourth-order valence-corrected chi connectivity index (χ4v) is 2.36. The van der Waals surface area contributed by atoms with Gasteiger partial charge in [-0.25, -0.2) is 0 Å². The van der Waals surface area contributed by atoms with Crippen LogP contribution in [0.15, 0.2) is 29.3 Å². The number of halogens is 3. The number of alkyl halides is 2. The molecule has 0 atom stereocenters. The second-order valence-corrected chi connectivity index (χ2v) is 5.68. The van der Waals surface area contributed by atoms with Crippen LogP contribution < -0.4 is 10.1 Å². The molecule has 1 rings (SSSR count). The van der Waals surface area contributed by atoms with Gasteiger partial charge >= 0.3 is 6.61 Å². The first-order chi connectivity index (χ1) is 10.6. The summed E-state index contributed by atoms with van der Waals surface area (Å²) in [6.07, 6.45) is 3.16. The second-order valence-electron chi connectivity index (χ2n) is 4.70. The third-order valence-corrected chi connectivity index (χ3v) is 3.65. The van der Waals surface area contributed by atoms with Crippen molar-refractivity contribution in [1.29, 1.82) is 0 Å². The van der Waals surface area contributed by atoms with Gasteiger partial charge < -0.3 is 15.0 Å². The maximum atomic E-state index is 12.1. The van der Waals surface area contributed by atoms with Crippen LogP contribution in [0.3, 0.4) is 0 Å². The van der Waals surface area contributed by atoms with E-state index in [9.17, 15) is 8.78 Å². The highest BCUT2D eigenvalue weighted by atomic mass is 127. The number of rotatable bonds is 8. The average molecular weight is 459 g/mol. The molecular formula is C15H24F2IN3OS. The van der Waals surface area contributed by atoms with Crippen LogP contribution in [-0.2, 0) is 6.54 Å². The van der Waals surface area contributed by atoms with Crippen LogP contribution in [0.2, 0.25) is 0 Å².